The Hall–Kier alpha value is -2.17. The molecule has 0 unspecified atom stereocenters. The molecule has 0 radical (unpaired) electrons. The molecule has 0 aliphatic heterocycles. The molecule has 17 heavy (non-hydrogen) atoms. The second-order valence-corrected chi connectivity index (χ2v) is 3.45. The summed E-state index contributed by atoms with van der Waals surface area (Å²) < 4.78 is 0. The van der Waals surface area contributed by atoms with Crippen LogP contribution < -0.4 is 0 Å². The number of carbonyl (C=O) groups excluding carboxylic acids is 3. The van der Waals surface area contributed by atoms with Gasteiger partial charge in [-0.1, -0.05) is 30.3 Å². The third-order valence-electron chi connectivity index (χ3n) is 2.08. The molecule has 0 aromatic heterocycles. The molecule has 0 spiro atoms. The number of nitrogens with zero attached hydrogens (tertiary/aromatic N) is 1. The molecule has 1 aromatic carbocycles. The minimum atomic E-state index is -0.753. The second-order valence-electron chi connectivity index (χ2n) is 3.45. The number of carbonyl (C=O) groups is 3. The largest absolute Gasteiger partial charge is 0.340 e. The summed E-state index contributed by atoms with van der Waals surface area (Å²) in [6.45, 7) is 1.26. The summed E-state index contributed by atoms with van der Waals surface area (Å²) in [7, 11) is 1.31. The van der Waals surface area contributed by atoms with Gasteiger partial charge in [-0.05, 0) is 0 Å². The summed E-state index contributed by atoms with van der Waals surface area (Å²) in [5.41, 5.74) is 0.440. The first-order chi connectivity index (χ1) is 8.00. The van der Waals surface area contributed by atoms with Crippen LogP contribution in [0.5, 0.6) is 0 Å². The topological polar surface area (TPSA) is 63.7 Å². The van der Waals surface area contributed by atoms with Gasteiger partial charge < -0.3 is 4.84 Å². The molecule has 0 heterocycles. The fraction of sp³-hybridized carbons (Fsp3) is 0.250. The summed E-state index contributed by atoms with van der Waals surface area (Å²) in [6, 6.07) is 8.42. The smallest absolute Gasteiger partial charge is 0.338 e. The second kappa shape index (κ2) is 5.79. The van der Waals surface area contributed by atoms with Crippen LogP contribution in [-0.4, -0.2) is 29.8 Å². The molecule has 0 aliphatic rings. The Morgan fingerprint density at radius 3 is 2.29 bits per heavy atom. The molecule has 0 aliphatic carbocycles. The maximum atomic E-state index is 11.6. The molecule has 0 bridgehead atoms. The molecule has 5 heteroatoms. The van der Waals surface area contributed by atoms with Crippen molar-refractivity contribution in [3.8, 4) is 0 Å². The fourth-order valence-electron chi connectivity index (χ4n) is 1.11. The SMILES string of the molecule is CC(=O)N(C)OC(=O)CC(=O)c1ccccc1. The highest BCUT2D eigenvalue weighted by atomic mass is 16.7. The Kier molecular flexibility index (Phi) is 4.39. The molecule has 0 saturated carbocycles. The first kappa shape index (κ1) is 12.9. The molecule has 0 atom stereocenters. The third kappa shape index (κ3) is 4.06. The minimum absolute atomic E-state index is 0.340. The molecule has 1 amide bonds. The zero-order valence-corrected chi connectivity index (χ0v) is 9.67. The van der Waals surface area contributed by atoms with Crippen LogP contribution in [0, 0.1) is 0 Å². The van der Waals surface area contributed by atoms with E-state index in [-0.39, 0.29) is 12.2 Å². The minimum Gasteiger partial charge on any atom is -0.338 e. The van der Waals surface area contributed by atoms with Gasteiger partial charge in [0.2, 0.25) is 0 Å². The van der Waals surface area contributed by atoms with E-state index in [4.69, 9.17) is 0 Å². The van der Waals surface area contributed by atoms with E-state index < -0.39 is 11.9 Å². The number of hydroxylamine groups is 2. The maximum Gasteiger partial charge on any atom is 0.340 e. The zero-order chi connectivity index (χ0) is 12.8. The number of Topliss-reactive ketones (excluding diaryl/α,β-unsaturated/α-hetero) is 1. The van der Waals surface area contributed by atoms with Crippen molar-refractivity contribution < 1.29 is 19.2 Å². The van der Waals surface area contributed by atoms with E-state index >= 15 is 0 Å². The number of amides is 1. The van der Waals surface area contributed by atoms with Crippen molar-refractivity contribution in [2.45, 2.75) is 13.3 Å². The van der Waals surface area contributed by atoms with Crippen molar-refractivity contribution in [2.75, 3.05) is 7.05 Å². The van der Waals surface area contributed by atoms with Crippen molar-refractivity contribution in [3.63, 3.8) is 0 Å². The zero-order valence-electron chi connectivity index (χ0n) is 9.67. The molecular formula is C12H13NO4. The van der Waals surface area contributed by atoms with Crippen molar-refractivity contribution >= 4 is 17.7 Å². The lowest BCUT2D eigenvalue weighted by molar-refractivity contribution is -0.190. The van der Waals surface area contributed by atoms with Gasteiger partial charge in [-0.25, -0.2) is 4.79 Å². The van der Waals surface area contributed by atoms with Gasteiger partial charge in [0.25, 0.3) is 5.91 Å². The summed E-state index contributed by atoms with van der Waals surface area (Å²) >= 11 is 0. The van der Waals surface area contributed by atoms with Crippen LogP contribution in [0.2, 0.25) is 0 Å². The number of hydrogen-bond acceptors (Lipinski definition) is 4. The number of hydrogen-bond donors (Lipinski definition) is 0. The lowest BCUT2D eigenvalue weighted by Gasteiger charge is -2.13. The normalized spacial score (nSPS) is 9.53. The van der Waals surface area contributed by atoms with Crippen LogP contribution in [-0.2, 0) is 14.4 Å². The standard InChI is InChI=1S/C12H13NO4/c1-9(14)13(2)17-12(16)8-11(15)10-6-4-3-5-7-10/h3-7H,8H2,1-2H3. The predicted molar refractivity (Wildman–Crippen MR) is 59.9 cm³/mol. The summed E-state index contributed by atoms with van der Waals surface area (Å²) in [5.74, 6) is -1.50. The van der Waals surface area contributed by atoms with Gasteiger partial charge in [0, 0.05) is 19.5 Å². The number of rotatable bonds is 3. The van der Waals surface area contributed by atoms with Gasteiger partial charge in [0.15, 0.2) is 5.78 Å². The van der Waals surface area contributed by atoms with E-state index in [1.54, 1.807) is 30.3 Å². The fourth-order valence-corrected chi connectivity index (χ4v) is 1.11. The van der Waals surface area contributed by atoms with Crippen molar-refractivity contribution in [1.82, 2.24) is 5.06 Å². The van der Waals surface area contributed by atoms with Crippen LogP contribution >= 0.6 is 0 Å². The van der Waals surface area contributed by atoms with Gasteiger partial charge in [0.05, 0.1) is 0 Å². The average Bonchev–Trinajstić information content (AvgIpc) is 2.29. The highest BCUT2D eigenvalue weighted by Gasteiger charge is 2.15. The van der Waals surface area contributed by atoms with E-state index in [1.807, 2.05) is 0 Å². The number of ketones is 1. The van der Waals surface area contributed by atoms with Crippen LogP contribution in [0.15, 0.2) is 30.3 Å². The summed E-state index contributed by atoms with van der Waals surface area (Å²) in [6.07, 6.45) is -0.387. The van der Waals surface area contributed by atoms with Gasteiger partial charge in [0.1, 0.15) is 6.42 Å². The Bertz CT molecular complexity index is 427. The monoisotopic (exact) mass is 235 g/mol. The van der Waals surface area contributed by atoms with Crippen LogP contribution in [0.4, 0.5) is 0 Å². The first-order valence-electron chi connectivity index (χ1n) is 5.04. The Morgan fingerprint density at radius 2 is 1.76 bits per heavy atom. The lowest BCUT2D eigenvalue weighted by atomic mass is 10.1. The molecule has 90 valence electrons. The van der Waals surface area contributed by atoms with Crippen LogP contribution in [0.25, 0.3) is 0 Å². The van der Waals surface area contributed by atoms with Gasteiger partial charge in [-0.2, -0.15) is 5.06 Å². The van der Waals surface area contributed by atoms with Crippen molar-refractivity contribution in [1.29, 1.82) is 0 Å². The molecule has 1 rings (SSSR count). The van der Waals surface area contributed by atoms with E-state index in [9.17, 15) is 14.4 Å². The van der Waals surface area contributed by atoms with E-state index in [0.717, 1.165) is 5.06 Å². The molecule has 5 nitrogen and oxygen atoms in total. The average molecular weight is 235 g/mol. The molecule has 0 N–H and O–H groups in total. The predicted octanol–water partition coefficient (Wildman–Crippen LogP) is 1.20. The van der Waals surface area contributed by atoms with Crippen molar-refractivity contribution in [3.05, 3.63) is 35.9 Å². The number of benzene rings is 1. The Balaban J connectivity index is 2.53. The third-order valence-corrected chi connectivity index (χ3v) is 2.08. The first-order valence-corrected chi connectivity index (χ1v) is 5.04. The van der Waals surface area contributed by atoms with Gasteiger partial charge in [-0.3, -0.25) is 9.59 Å². The lowest BCUT2D eigenvalue weighted by Crippen LogP contribution is -2.28. The van der Waals surface area contributed by atoms with Crippen LogP contribution in [0.3, 0.4) is 0 Å². The van der Waals surface area contributed by atoms with Crippen LogP contribution in [0.1, 0.15) is 23.7 Å². The molecule has 0 saturated heterocycles. The Morgan fingerprint density at radius 1 is 1.18 bits per heavy atom. The summed E-state index contributed by atoms with van der Waals surface area (Å²) in [4.78, 5) is 38.3. The van der Waals surface area contributed by atoms with E-state index in [0.29, 0.717) is 5.56 Å². The highest BCUT2D eigenvalue weighted by Crippen LogP contribution is 2.04. The molecular weight excluding hydrogens is 222 g/mol. The Labute approximate surface area is 98.9 Å². The quantitative estimate of drug-likeness (QED) is 0.448. The highest BCUT2D eigenvalue weighted by molar-refractivity contribution is 6.05. The summed E-state index contributed by atoms with van der Waals surface area (Å²) in [5, 5.41) is 0.792. The molecule has 1 aromatic rings. The van der Waals surface area contributed by atoms with Gasteiger partial charge >= 0.3 is 5.97 Å². The van der Waals surface area contributed by atoms with Gasteiger partial charge in [-0.15, -0.1) is 0 Å². The van der Waals surface area contributed by atoms with Crippen molar-refractivity contribution in [2.24, 2.45) is 0 Å². The van der Waals surface area contributed by atoms with E-state index in [1.165, 1.54) is 14.0 Å². The maximum absolute atomic E-state index is 11.6. The molecule has 0 fully saturated rings. The van der Waals surface area contributed by atoms with E-state index in [2.05, 4.69) is 4.84 Å².